The summed E-state index contributed by atoms with van der Waals surface area (Å²) in [6, 6.07) is 2.48. The number of likely N-dealkylation sites (tertiary alicyclic amines) is 1. The number of hydrogen-bond donors (Lipinski definition) is 1. The molecule has 1 saturated carbocycles. The molecule has 0 unspecified atom stereocenters. The number of rotatable bonds is 2. The Morgan fingerprint density at radius 1 is 1.21 bits per heavy atom. The van der Waals surface area contributed by atoms with Crippen LogP contribution in [0.25, 0.3) is 0 Å². The van der Waals surface area contributed by atoms with Gasteiger partial charge in [-0.1, -0.05) is 19.3 Å². The van der Waals surface area contributed by atoms with E-state index in [9.17, 15) is 5.11 Å². The molecule has 2 aliphatic rings. The Hall–Kier alpha value is -0.590. The van der Waals surface area contributed by atoms with Crippen LogP contribution in [0.3, 0.4) is 0 Å². The van der Waals surface area contributed by atoms with Gasteiger partial charge in [-0.3, -0.25) is 4.90 Å². The number of nitriles is 1. The summed E-state index contributed by atoms with van der Waals surface area (Å²) in [5.74, 6) is 0.557. The third kappa shape index (κ3) is 1.92. The number of aliphatic hydroxyl groups excluding tert-OH is 1. The Bertz CT molecular complexity index is 224. The van der Waals surface area contributed by atoms with Gasteiger partial charge in [0.1, 0.15) is 6.04 Å². The first kappa shape index (κ1) is 9.95. The van der Waals surface area contributed by atoms with Gasteiger partial charge in [-0.25, -0.2) is 0 Å². The SMILES string of the molecule is N#C[C@@H](C1CCCCC1)N1CC(O)C1. The zero-order chi connectivity index (χ0) is 9.97. The molecule has 0 amide bonds. The summed E-state index contributed by atoms with van der Waals surface area (Å²) in [4.78, 5) is 2.13. The highest BCUT2D eigenvalue weighted by Crippen LogP contribution is 2.30. The Labute approximate surface area is 85.3 Å². The van der Waals surface area contributed by atoms with Crippen LogP contribution in [0.15, 0.2) is 0 Å². The molecule has 0 aromatic rings. The minimum absolute atomic E-state index is 0.0682. The molecule has 0 radical (unpaired) electrons. The molecule has 78 valence electrons. The van der Waals surface area contributed by atoms with Crippen LogP contribution in [0, 0.1) is 17.2 Å². The fraction of sp³-hybridized carbons (Fsp3) is 0.909. The standard InChI is InChI=1S/C11H18N2O/c12-6-11(13-7-10(14)8-13)9-4-2-1-3-5-9/h9-11,14H,1-5,7-8H2/t11-/m0/s1. The normalized spacial score (nSPS) is 28.0. The maximum absolute atomic E-state index is 9.21. The van der Waals surface area contributed by atoms with Crippen molar-refractivity contribution in [1.29, 1.82) is 5.26 Å². The Morgan fingerprint density at radius 3 is 2.36 bits per heavy atom. The van der Waals surface area contributed by atoms with Crippen LogP contribution in [0.4, 0.5) is 0 Å². The Morgan fingerprint density at radius 2 is 1.86 bits per heavy atom. The number of aliphatic hydroxyl groups is 1. The maximum Gasteiger partial charge on any atom is 0.101 e. The average molecular weight is 194 g/mol. The van der Waals surface area contributed by atoms with Gasteiger partial charge in [-0.2, -0.15) is 5.26 Å². The molecule has 0 spiro atoms. The minimum Gasteiger partial charge on any atom is -0.390 e. The van der Waals surface area contributed by atoms with Crippen LogP contribution < -0.4 is 0 Å². The van der Waals surface area contributed by atoms with Crippen LogP contribution >= 0.6 is 0 Å². The third-order valence-electron chi connectivity index (χ3n) is 3.51. The lowest BCUT2D eigenvalue weighted by molar-refractivity contribution is -0.0283. The van der Waals surface area contributed by atoms with Crippen molar-refractivity contribution in [2.45, 2.75) is 44.2 Å². The first-order valence-electron chi connectivity index (χ1n) is 5.63. The molecule has 2 fully saturated rings. The van der Waals surface area contributed by atoms with E-state index >= 15 is 0 Å². The molecular weight excluding hydrogens is 176 g/mol. The highest BCUT2D eigenvalue weighted by Gasteiger charge is 2.35. The van der Waals surface area contributed by atoms with E-state index in [-0.39, 0.29) is 12.1 Å². The summed E-state index contributed by atoms with van der Waals surface area (Å²) in [6.45, 7) is 1.41. The highest BCUT2D eigenvalue weighted by atomic mass is 16.3. The molecule has 14 heavy (non-hydrogen) atoms. The topological polar surface area (TPSA) is 47.3 Å². The summed E-state index contributed by atoms with van der Waals surface area (Å²) in [6.07, 6.45) is 6.10. The molecular formula is C11H18N2O. The molecule has 0 aromatic heterocycles. The van der Waals surface area contributed by atoms with E-state index < -0.39 is 0 Å². The molecule has 3 nitrogen and oxygen atoms in total. The van der Waals surface area contributed by atoms with Crippen LogP contribution in [-0.2, 0) is 0 Å². The molecule has 1 N–H and O–H groups in total. The van der Waals surface area contributed by atoms with Crippen LogP contribution in [0.1, 0.15) is 32.1 Å². The van der Waals surface area contributed by atoms with Gasteiger partial charge in [-0.05, 0) is 18.8 Å². The van der Waals surface area contributed by atoms with Crippen molar-refractivity contribution in [1.82, 2.24) is 4.90 Å². The van der Waals surface area contributed by atoms with Gasteiger partial charge in [0.15, 0.2) is 0 Å². The van der Waals surface area contributed by atoms with Gasteiger partial charge in [0, 0.05) is 13.1 Å². The Balaban J connectivity index is 1.89. The van der Waals surface area contributed by atoms with Gasteiger partial charge in [0.05, 0.1) is 12.2 Å². The van der Waals surface area contributed by atoms with Crippen molar-refractivity contribution >= 4 is 0 Å². The molecule has 3 heteroatoms. The summed E-state index contributed by atoms with van der Waals surface area (Å²) in [5, 5.41) is 18.3. The van der Waals surface area contributed by atoms with Gasteiger partial charge in [-0.15, -0.1) is 0 Å². The lowest BCUT2D eigenvalue weighted by Gasteiger charge is -2.42. The van der Waals surface area contributed by atoms with Gasteiger partial charge < -0.3 is 5.11 Å². The fourth-order valence-electron chi connectivity index (χ4n) is 2.65. The van der Waals surface area contributed by atoms with E-state index in [0.717, 1.165) is 0 Å². The summed E-state index contributed by atoms with van der Waals surface area (Å²) in [5.41, 5.74) is 0. The average Bonchev–Trinajstić information content (AvgIpc) is 2.18. The zero-order valence-corrected chi connectivity index (χ0v) is 8.52. The van der Waals surface area contributed by atoms with Gasteiger partial charge >= 0.3 is 0 Å². The predicted octanol–water partition coefficient (Wildman–Crippen LogP) is 1.14. The largest absolute Gasteiger partial charge is 0.390 e. The summed E-state index contributed by atoms with van der Waals surface area (Å²) < 4.78 is 0. The molecule has 1 atom stereocenters. The van der Waals surface area contributed by atoms with E-state index in [4.69, 9.17) is 5.26 Å². The minimum atomic E-state index is -0.186. The van der Waals surface area contributed by atoms with Gasteiger partial charge in [0.25, 0.3) is 0 Å². The second kappa shape index (κ2) is 4.29. The first-order chi connectivity index (χ1) is 6.81. The quantitative estimate of drug-likeness (QED) is 0.717. The Kier molecular flexibility index (Phi) is 3.05. The van der Waals surface area contributed by atoms with Crippen LogP contribution in [0.2, 0.25) is 0 Å². The van der Waals surface area contributed by atoms with Crippen molar-refractivity contribution in [2.24, 2.45) is 5.92 Å². The monoisotopic (exact) mass is 194 g/mol. The van der Waals surface area contributed by atoms with Crippen molar-refractivity contribution in [2.75, 3.05) is 13.1 Å². The second-order valence-electron chi connectivity index (χ2n) is 4.58. The number of β-amino-alcohol motifs (C(OH)–C–C–N with tert-alkyl or cyclic N) is 1. The van der Waals surface area contributed by atoms with E-state index in [1.54, 1.807) is 0 Å². The first-order valence-corrected chi connectivity index (χ1v) is 5.63. The van der Waals surface area contributed by atoms with E-state index in [0.29, 0.717) is 19.0 Å². The number of hydrogen-bond acceptors (Lipinski definition) is 3. The molecule has 0 bridgehead atoms. The molecule has 1 heterocycles. The van der Waals surface area contributed by atoms with Crippen molar-refractivity contribution in [3.05, 3.63) is 0 Å². The smallest absolute Gasteiger partial charge is 0.101 e. The second-order valence-corrected chi connectivity index (χ2v) is 4.58. The number of nitrogens with zero attached hydrogens (tertiary/aromatic N) is 2. The van der Waals surface area contributed by atoms with Crippen molar-refractivity contribution in [3.8, 4) is 6.07 Å². The maximum atomic E-state index is 9.21. The fourth-order valence-corrected chi connectivity index (χ4v) is 2.65. The van der Waals surface area contributed by atoms with E-state index in [2.05, 4.69) is 11.0 Å². The van der Waals surface area contributed by atoms with Crippen LogP contribution in [-0.4, -0.2) is 35.2 Å². The molecule has 1 aliphatic carbocycles. The van der Waals surface area contributed by atoms with E-state index in [1.165, 1.54) is 32.1 Å². The molecule has 2 rings (SSSR count). The summed E-state index contributed by atoms with van der Waals surface area (Å²) >= 11 is 0. The van der Waals surface area contributed by atoms with Crippen molar-refractivity contribution < 1.29 is 5.11 Å². The summed E-state index contributed by atoms with van der Waals surface area (Å²) in [7, 11) is 0. The lowest BCUT2D eigenvalue weighted by atomic mass is 9.83. The van der Waals surface area contributed by atoms with E-state index in [1.807, 2.05) is 0 Å². The lowest BCUT2D eigenvalue weighted by Crippen LogP contribution is -2.57. The predicted molar refractivity (Wildman–Crippen MR) is 53.6 cm³/mol. The van der Waals surface area contributed by atoms with Crippen LogP contribution in [0.5, 0.6) is 0 Å². The molecule has 1 saturated heterocycles. The zero-order valence-electron chi connectivity index (χ0n) is 8.52. The molecule has 1 aliphatic heterocycles. The molecule has 0 aromatic carbocycles. The van der Waals surface area contributed by atoms with Gasteiger partial charge in [0.2, 0.25) is 0 Å². The van der Waals surface area contributed by atoms with Crippen molar-refractivity contribution in [3.63, 3.8) is 0 Å². The third-order valence-corrected chi connectivity index (χ3v) is 3.51. The highest BCUT2D eigenvalue weighted by molar-refractivity contribution is 5.01.